The van der Waals surface area contributed by atoms with Gasteiger partial charge in [-0.25, -0.2) is 10.2 Å². The number of ether oxygens (including phenoxy) is 1. The van der Waals surface area contributed by atoms with Gasteiger partial charge in [0.1, 0.15) is 6.10 Å². The number of cyclic esters (lactones) is 1. The van der Waals surface area contributed by atoms with Crippen molar-refractivity contribution in [3.8, 4) is 0 Å². The summed E-state index contributed by atoms with van der Waals surface area (Å²) in [4.78, 5) is 27.0. The van der Waals surface area contributed by atoms with Gasteiger partial charge in [-0.05, 0) is 12.1 Å². The normalized spacial score (nSPS) is 16.2. The van der Waals surface area contributed by atoms with Crippen LogP contribution in [-0.4, -0.2) is 23.1 Å². The van der Waals surface area contributed by atoms with E-state index in [-0.39, 0.29) is 12.3 Å². The number of nitrogens with zero attached hydrogens (tertiary/aromatic N) is 1. The molecule has 1 aliphatic rings. The Morgan fingerprint density at radius 1 is 1.20 bits per heavy atom. The molecule has 6 nitrogen and oxygen atoms in total. The van der Waals surface area contributed by atoms with E-state index < -0.39 is 12.1 Å². The van der Waals surface area contributed by atoms with Gasteiger partial charge in [0.2, 0.25) is 5.91 Å². The van der Waals surface area contributed by atoms with Crippen molar-refractivity contribution < 1.29 is 14.3 Å². The number of H-pyrrole nitrogens is 1. The Kier molecular flexibility index (Phi) is 3.78. The highest BCUT2D eigenvalue weighted by atomic mass is 16.5. The summed E-state index contributed by atoms with van der Waals surface area (Å²) >= 11 is 0. The lowest BCUT2D eigenvalue weighted by atomic mass is 10.0. The molecule has 0 spiro atoms. The van der Waals surface area contributed by atoms with Crippen molar-refractivity contribution in [1.29, 1.82) is 0 Å². The Labute approximate surface area is 143 Å². The van der Waals surface area contributed by atoms with Crippen LogP contribution in [0, 0.1) is 0 Å². The Hall–Kier alpha value is -3.41. The fourth-order valence-corrected chi connectivity index (χ4v) is 2.96. The quantitative estimate of drug-likeness (QED) is 0.437. The van der Waals surface area contributed by atoms with Gasteiger partial charge in [0.15, 0.2) is 0 Å². The zero-order valence-electron chi connectivity index (χ0n) is 13.2. The number of hydrogen-bond donors (Lipinski definition) is 2. The molecule has 0 aliphatic carbocycles. The number of carbonyl (C=O) groups excluding carboxylic acids is 2. The first kappa shape index (κ1) is 15.1. The molecule has 2 aromatic carbocycles. The van der Waals surface area contributed by atoms with Gasteiger partial charge in [-0.1, -0.05) is 36.4 Å². The number of carbonyl (C=O) groups is 2. The predicted octanol–water partition coefficient (Wildman–Crippen LogP) is 2.92. The lowest BCUT2D eigenvalue weighted by Gasteiger charge is -2.08. The first-order valence-electron chi connectivity index (χ1n) is 7.90. The summed E-state index contributed by atoms with van der Waals surface area (Å²) in [5.41, 5.74) is 5.63. The second kappa shape index (κ2) is 6.24. The molecule has 1 atom stereocenters. The standard InChI is InChI=1S/C19H15N3O3/c23-18(9-17-14-6-1-2-7-15(14)19(24)25-17)22-21-11-12-10-20-16-8-4-3-5-13(12)16/h1-8,10-11,17,20H,9H2,(H,22,23). The number of fused-ring (bicyclic) bond motifs is 2. The predicted molar refractivity (Wildman–Crippen MR) is 93.3 cm³/mol. The second-order valence-corrected chi connectivity index (χ2v) is 5.77. The largest absolute Gasteiger partial charge is 0.453 e. The third-order valence-electron chi connectivity index (χ3n) is 4.16. The number of amides is 1. The number of nitrogens with one attached hydrogen (secondary N) is 2. The average Bonchev–Trinajstić information content (AvgIpc) is 3.17. The van der Waals surface area contributed by atoms with Crippen molar-refractivity contribution in [2.24, 2.45) is 5.10 Å². The molecule has 0 radical (unpaired) electrons. The van der Waals surface area contributed by atoms with Crippen LogP contribution >= 0.6 is 0 Å². The van der Waals surface area contributed by atoms with Gasteiger partial charge in [0.25, 0.3) is 0 Å². The van der Waals surface area contributed by atoms with E-state index in [1.807, 2.05) is 36.5 Å². The first-order valence-corrected chi connectivity index (χ1v) is 7.90. The first-order chi connectivity index (χ1) is 12.2. The van der Waals surface area contributed by atoms with E-state index in [1.165, 1.54) is 0 Å². The van der Waals surface area contributed by atoms with Gasteiger partial charge in [-0.3, -0.25) is 4.79 Å². The van der Waals surface area contributed by atoms with Crippen LogP contribution in [-0.2, 0) is 9.53 Å². The van der Waals surface area contributed by atoms with Crippen molar-refractivity contribution in [3.63, 3.8) is 0 Å². The van der Waals surface area contributed by atoms with Crippen molar-refractivity contribution in [2.45, 2.75) is 12.5 Å². The Bertz CT molecular complexity index is 990. The fourth-order valence-electron chi connectivity index (χ4n) is 2.96. The van der Waals surface area contributed by atoms with Crippen LogP contribution < -0.4 is 5.43 Å². The van der Waals surface area contributed by atoms with Crippen molar-refractivity contribution in [1.82, 2.24) is 10.4 Å². The number of aromatic nitrogens is 1. The lowest BCUT2D eigenvalue weighted by Crippen LogP contribution is -2.20. The number of benzene rings is 2. The topological polar surface area (TPSA) is 83.6 Å². The van der Waals surface area contributed by atoms with E-state index in [9.17, 15) is 9.59 Å². The highest BCUT2D eigenvalue weighted by Crippen LogP contribution is 2.32. The summed E-state index contributed by atoms with van der Waals surface area (Å²) in [6.45, 7) is 0. The third-order valence-corrected chi connectivity index (χ3v) is 4.16. The van der Waals surface area contributed by atoms with Gasteiger partial charge in [0, 0.05) is 28.2 Å². The van der Waals surface area contributed by atoms with Crippen LogP contribution in [0.1, 0.15) is 34.0 Å². The third kappa shape index (κ3) is 2.89. The number of aromatic amines is 1. The van der Waals surface area contributed by atoms with E-state index in [4.69, 9.17) is 4.74 Å². The van der Waals surface area contributed by atoms with Crippen molar-refractivity contribution >= 4 is 29.0 Å². The second-order valence-electron chi connectivity index (χ2n) is 5.77. The van der Waals surface area contributed by atoms with Crippen LogP contribution in [0.4, 0.5) is 0 Å². The van der Waals surface area contributed by atoms with Crippen molar-refractivity contribution in [3.05, 3.63) is 71.4 Å². The number of rotatable bonds is 4. The van der Waals surface area contributed by atoms with Crippen LogP contribution in [0.3, 0.4) is 0 Å². The van der Waals surface area contributed by atoms with Gasteiger partial charge in [0.05, 0.1) is 18.2 Å². The molecule has 2 heterocycles. The smallest absolute Gasteiger partial charge is 0.339 e. The number of para-hydroxylation sites is 1. The number of hydrogen-bond acceptors (Lipinski definition) is 4. The van der Waals surface area contributed by atoms with Crippen LogP contribution in [0.15, 0.2) is 59.8 Å². The van der Waals surface area contributed by atoms with E-state index in [0.717, 1.165) is 22.0 Å². The molecule has 0 bridgehead atoms. The minimum Gasteiger partial charge on any atom is -0.453 e. The van der Waals surface area contributed by atoms with Crippen LogP contribution in [0.25, 0.3) is 10.9 Å². The van der Waals surface area contributed by atoms with E-state index >= 15 is 0 Å². The fraction of sp³-hybridized carbons (Fsp3) is 0.105. The van der Waals surface area contributed by atoms with Crippen LogP contribution in [0.2, 0.25) is 0 Å². The van der Waals surface area contributed by atoms with Gasteiger partial charge in [-0.15, -0.1) is 0 Å². The highest BCUT2D eigenvalue weighted by molar-refractivity contribution is 5.99. The molecule has 2 N–H and O–H groups in total. The average molecular weight is 333 g/mol. The maximum atomic E-state index is 12.1. The van der Waals surface area contributed by atoms with E-state index in [0.29, 0.717) is 5.56 Å². The Morgan fingerprint density at radius 2 is 2.00 bits per heavy atom. The minimum atomic E-state index is -0.563. The SMILES string of the molecule is O=C(CC1OC(=O)c2ccccc21)NN=Cc1c[nH]c2ccccc12. The molecule has 25 heavy (non-hydrogen) atoms. The molecule has 4 rings (SSSR count). The summed E-state index contributed by atoms with van der Waals surface area (Å²) in [7, 11) is 0. The monoisotopic (exact) mass is 333 g/mol. The van der Waals surface area contributed by atoms with E-state index in [1.54, 1.807) is 24.4 Å². The molecule has 1 unspecified atom stereocenters. The summed E-state index contributed by atoms with van der Waals surface area (Å²) < 4.78 is 5.26. The molecule has 3 aromatic rings. The molecule has 0 fully saturated rings. The molecule has 0 saturated carbocycles. The molecule has 0 saturated heterocycles. The van der Waals surface area contributed by atoms with Gasteiger partial charge >= 0.3 is 5.97 Å². The molecule has 1 amide bonds. The molecular weight excluding hydrogens is 318 g/mol. The Morgan fingerprint density at radius 3 is 2.92 bits per heavy atom. The summed E-state index contributed by atoms with van der Waals surface area (Å²) in [6.07, 6.45) is 2.89. The number of esters is 1. The molecule has 1 aromatic heterocycles. The van der Waals surface area contributed by atoms with Gasteiger partial charge in [-0.2, -0.15) is 5.10 Å². The minimum absolute atomic E-state index is 0.0357. The molecule has 6 heteroatoms. The molecule has 1 aliphatic heterocycles. The maximum absolute atomic E-state index is 12.1. The van der Waals surface area contributed by atoms with E-state index in [2.05, 4.69) is 15.5 Å². The Balaban J connectivity index is 1.41. The lowest BCUT2D eigenvalue weighted by molar-refractivity contribution is -0.122. The summed E-state index contributed by atoms with van der Waals surface area (Å²) in [5.74, 6) is -0.707. The maximum Gasteiger partial charge on any atom is 0.339 e. The van der Waals surface area contributed by atoms with Crippen molar-refractivity contribution in [2.75, 3.05) is 0 Å². The molecular formula is C19H15N3O3. The number of hydrazone groups is 1. The summed E-state index contributed by atoms with van der Waals surface area (Å²) in [6, 6.07) is 14.9. The highest BCUT2D eigenvalue weighted by Gasteiger charge is 2.31. The van der Waals surface area contributed by atoms with Crippen LogP contribution in [0.5, 0.6) is 0 Å². The zero-order valence-corrected chi connectivity index (χ0v) is 13.2. The summed E-state index contributed by atoms with van der Waals surface area (Å²) in [5, 5.41) is 5.02. The molecule has 124 valence electrons. The zero-order chi connectivity index (χ0) is 17.2. The van der Waals surface area contributed by atoms with Gasteiger partial charge < -0.3 is 9.72 Å².